The molecule has 6 heteroatoms. The molecule has 1 aromatic carbocycles. The fourth-order valence-corrected chi connectivity index (χ4v) is 2.16. The normalized spacial score (nSPS) is 10.7. The average Bonchev–Trinajstić information content (AvgIpc) is 2.47. The maximum Gasteiger partial charge on any atom is 0.325 e. The molecule has 1 amide bonds. The number of nitrogens with one attached hydrogen (secondary N) is 2. The summed E-state index contributed by atoms with van der Waals surface area (Å²) in [5, 5.41) is 14.4. The van der Waals surface area contributed by atoms with Gasteiger partial charge >= 0.3 is 5.97 Å². The predicted molar refractivity (Wildman–Crippen MR) is 87.6 cm³/mol. The Balaban J connectivity index is 2.79. The number of amides is 1. The Hall–Kier alpha value is -2.81. The highest BCUT2D eigenvalue weighted by atomic mass is 16.5. The highest BCUT2D eigenvalue weighted by Gasteiger charge is 2.13. The largest absolute Gasteiger partial charge is 0.465 e. The number of ether oxygens (including phenoxy) is 1. The second kappa shape index (κ2) is 8.59. The van der Waals surface area contributed by atoms with E-state index in [4.69, 9.17) is 10.00 Å². The third-order valence-electron chi connectivity index (χ3n) is 3.08. The van der Waals surface area contributed by atoms with Crippen LogP contribution < -0.4 is 10.6 Å². The van der Waals surface area contributed by atoms with E-state index in [2.05, 4.69) is 10.6 Å². The number of nitrogens with zero attached hydrogens (tertiary/aromatic N) is 1. The summed E-state index contributed by atoms with van der Waals surface area (Å²) in [6.45, 7) is 7.64. The summed E-state index contributed by atoms with van der Waals surface area (Å²) in [5.41, 5.74) is 3.52. The number of hydrogen-bond donors (Lipinski definition) is 2. The van der Waals surface area contributed by atoms with Gasteiger partial charge in [0.2, 0.25) is 0 Å². The molecular formula is C17H21N3O3. The number of nitriles is 1. The molecule has 0 unspecified atom stereocenters. The monoisotopic (exact) mass is 315 g/mol. The van der Waals surface area contributed by atoms with Crippen LogP contribution in [0.3, 0.4) is 0 Å². The number of aryl methyl sites for hydroxylation is 3. The average molecular weight is 315 g/mol. The summed E-state index contributed by atoms with van der Waals surface area (Å²) < 4.78 is 4.74. The molecule has 0 aliphatic rings. The molecular weight excluding hydrogens is 294 g/mol. The van der Waals surface area contributed by atoms with Gasteiger partial charge in [0.15, 0.2) is 0 Å². The number of benzene rings is 1. The Bertz CT molecular complexity index is 649. The molecule has 6 nitrogen and oxygen atoms in total. The molecule has 0 fully saturated rings. The van der Waals surface area contributed by atoms with Crippen LogP contribution in [0.1, 0.15) is 23.6 Å². The van der Waals surface area contributed by atoms with Crippen molar-refractivity contribution in [3.63, 3.8) is 0 Å². The van der Waals surface area contributed by atoms with E-state index in [0.29, 0.717) is 5.69 Å². The van der Waals surface area contributed by atoms with Crippen molar-refractivity contribution in [2.75, 3.05) is 18.5 Å². The molecule has 0 bridgehead atoms. The number of carbonyl (C=O) groups excluding carboxylic acids is 2. The Kier molecular flexibility index (Phi) is 6.81. The number of esters is 1. The van der Waals surface area contributed by atoms with Gasteiger partial charge in [0.25, 0.3) is 5.91 Å². The van der Waals surface area contributed by atoms with Crippen LogP contribution in [0.4, 0.5) is 5.69 Å². The summed E-state index contributed by atoms with van der Waals surface area (Å²) in [6, 6.07) is 5.72. The molecule has 1 rings (SSSR count). The van der Waals surface area contributed by atoms with E-state index >= 15 is 0 Å². The predicted octanol–water partition coefficient (Wildman–Crippen LogP) is 2.11. The zero-order chi connectivity index (χ0) is 17.4. The molecule has 1 aromatic rings. The van der Waals surface area contributed by atoms with Gasteiger partial charge in [-0.15, -0.1) is 0 Å². The fraction of sp³-hybridized carbons (Fsp3) is 0.353. The summed E-state index contributed by atoms with van der Waals surface area (Å²) >= 11 is 0. The topological polar surface area (TPSA) is 91.2 Å². The van der Waals surface area contributed by atoms with Gasteiger partial charge in [-0.1, -0.05) is 17.7 Å². The van der Waals surface area contributed by atoms with Gasteiger partial charge in [0.05, 0.1) is 6.61 Å². The molecule has 0 aromatic heterocycles. The van der Waals surface area contributed by atoms with E-state index in [9.17, 15) is 9.59 Å². The molecule has 0 saturated carbocycles. The molecule has 0 heterocycles. The van der Waals surface area contributed by atoms with Gasteiger partial charge in [-0.05, 0) is 38.8 Å². The number of carbonyl (C=O) groups is 2. The Morgan fingerprint density at radius 3 is 2.39 bits per heavy atom. The van der Waals surface area contributed by atoms with Crippen molar-refractivity contribution in [2.45, 2.75) is 27.7 Å². The smallest absolute Gasteiger partial charge is 0.325 e. The van der Waals surface area contributed by atoms with E-state index in [1.807, 2.05) is 39.0 Å². The van der Waals surface area contributed by atoms with Crippen LogP contribution in [0.5, 0.6) is 0 Å². The van der Waals surface area contributed by atoms with E-state index in [1.165, 1.54) is 6.20 Å². The van der Waals surface area contributed by atoms with Crippen LogP contribution in [0.15, 0.2) is 23.9 Å². The maximum absolute atomic E-state index is 12.2. The lowest BCUT2D eigenvalue weighted by atomic mass is 10.0. The van der Waals surface area contributed by atoms with E-state index in [0.717, 1.165) is 16.7 Å². The van der Waals surface area contributed by atoms with Crippen LogP contribution in [-0.4, -0.2) is 25.0 Å². The molecule has 0 atom stereocenters. The first-order valence-corrected chi connectivity index (χ1v) is 7.27. The first kappa shape index (κ1) is 18.2. The van der Waals surface area contributed by atoms with Gasteiger partial charge in [-0.25, -0.2) is 0 Å². The number of hydrogen-bond acceptors (Lipinski definition) is 5. The van der Waals surface area contributed by atoms with Crippen LogP contribution in [0, 0.1) is 32.1 Å². The minimum absolute atomic E-state index is 0.102. The molecule has 0 radical (unpaired) electrons. The second-order valence-electron chi connectivity index (χ2n) is 5.08. The molecule has 0 spiro atoms. The van der Waals surface area contributed by atoms with E-state index < -0.39 is 11.9 Å². The number of rotatable bonds is 6. The molecule has 122 valence electrons. The van der Waals surface area contributed by atoms with Crippen molar-refractivity contribution in [3.05, 3.63) is 40.6 Å². The summed E-state index contributed by atoms with van der Waals surface area (Å²) in [5.74, 6) is -0.981. The quantitative estimate of drug-likeness (QED) is 0.476. The van der Waals surface area contributed by atoms with Crippen LogP contribution >= 0.6 is 0 Å². The Labute approximate surface area is 136 Å². The third-order valence-corrected chi connectivity index (χ3v) is 3.08. The first-order valence-electron chi connectivity index (χ1n) is 7.27. The summed E-state index contributed by atoms with van der Waals surface area (Å²) in [4.78, 5) is 23.4. The Morgan fingerprint density at radius 2 is 1.87 bits per heavy atom. The lowest BCUT2D eigenvalue weighted by molar-refractivity contribution is -0.141. The zero-order valence-corrected chi connectivity index (χ0v) is 13.8. The van der Waals surface area contributed by atoms with Gasteiger partial charge in [0, 0.05) is 11.9 Å². The highest BCUT2D eigenvalue weighted by molar-refractivity contribution is 6.07. The molecule has 0 aliphatic heterocycles. The van der Waals surface area contributed by atoms with Gasteiger partial charge in [0.1, 0.15) is 18.2 Å². The first-order chi connectivity index (χ1) is 10.9. The minimum Gasteiger partial charge on any atom is -0.465 e. The van der Waals surface area contributed by atoms with Crippen LogP contribution in [0.2, 0.25) is 0 Å². The van der Waals surface area contributed by atoms with Crippen LogP contribution in [0.25, 0.3) is 0 Å². The zero-order valence-electron chi connectivity index (χ0n) is 13.8. The molecule has 0 aliphatic carbocycles. The van der Waals surface area contributed by atoms with Crippen molar-refractivity contribution >= 4 is 17.6 Å². The maximum atomic E-state index is 12.2. The minimum atomic E-state index is -0.529. The van der Waals surface area contributed by atoms with Crippen molar-refractivity contribution < 1.29 is 14.3 Å². The lowest BCUT2D eigenvalue weighted by Crippen LogP contribution is -2.23. The third kappa shape index (κ3) is 5.47. The van der Waals surface area contributed by atoms with Crippen molar-refractivity contribution in [2.24, 2.45) is 0 Å². The van der Waals surface area contributed by atoms with Gasteiger partial charge < -0.3 is 15.4 Å². The van der Waals surface area contributed by atoms with Crippen molar-refractivity contribution in [1.29, 1.82) is 5.26 Å². The number of anilines is 1. The molecule has 23 heavy (non-hydrogen) atoms. The van der Waals surface area contributed by atoms with Crippen LogP contribution in [-0.2, 0) is 14.3 Å². The standard InChI is InChI=1S/C17H21N3O3/c1-5-23-15(21)10-19-9-14(8-18)17(22)20-16-12(3)6-11(2)7-13(16)4/h6-7,9,19H,5,10H2,1-4H3,(H,20,22)/b14-9-. The highest BCUT2D eigenvalue weighted by Crippen LogP contribution is 2.22. The molecule has 0 saturated heterocycles. The Morgan fingerprint density at radius 1 is 1.26 bits per heavy atom. The van der Waals surface area contributed by atoms with E-state index in [1.54, 1.807) is 6.92 Å². The van der Waals surface area contributed by atoms with Crippen molar-refractivity contribution in [3.8, 4) is 6.07 Å². The fourth-order valence-electron chi connectivity index (χ4n) is 2.16. The summed E-state index contributed by atoms with van der Waals surface area (Å²) in [7, 11) is 0. The lowest BCUT2D eigenvalue weighted by Gasteiger charge is -2.12. The van der Waals surface area contributed by atoms with E-state index in [-0.39, 0.29) is 18.7 Å². The summed E-state index contributed by atoms with van der Waals surface area (Å²) in [6.07, 6.45) is 1.21. The van der Waals surface area contributed by atoms with Crippen molar-refractivity contribution in [1.82, 2.24) is 5.32 Å². The molecule has 2 N–H and O–H groups in total. The van der Waals surface area contributed by atoms with Gasteiger partial charge in [-0.3, -0.25) is 9.59 Å². The van der Waals surface area contributed by atoms with Gasteiger partial charge in [-0.2, -0.15) is 5.26 Å². The SMILES string of the molecule is CCOC(=O)CN/C=C(/C#N)C(=O)Nc1c(C)cc(C)cc1C. The second-order valence-corrected chi connectivity index (χ2v) is 5.08.